The Morgan fingerprint density at radius 2 is 1.60 bits per heavy atom. The van der Waals surface area contributed by atoms with Gasteiger partial charge in [0.25, 0.3) is 0 Å². The number of para-hydroxylation sites is 1. The largest absolute Gasteiger partial charge is 0.447 e. The van der Waals surface area contributed by atoms with E-state index in [9.17, 15) is 9.69 Å². The van der Waals surface area contributed by atoms with E-state index in [0.29, 0.717) is 18.8 Å². The molecule has 0 aliphatic carbocycles. The fraction of sp³-hybridized carbons (Fsp3) is 0.719. The van der Waals surface area contributed by atoms with E-state index in [1.54, 1.807) is 11.8 Å². The van der Waals surface area contributed by atoms with Gasteiger partial charge in [-0.15, -0.1) is 11.8 Å². The summed E-state index contributed by atoms with van der Waals surface area (Å²) in [5, 5.41) is 2.80. The molecule has 2 rings (SSSR count). The molecular formula is C32H55N2O6PS. The molecule has 1 aromatic rings. The van der Waals surface area contributed by atoms with Gasteiger partial charge in [-0.1, -0.05) is 109 Å². The molecule has 42 heavy (non-hydrogen) atoms. The molecule has 0 saturated heterocycles. The van der Waals surface area contributed by atoms with Crippen LogP contribution in [-0.4, -0.2) is 54.7 Å². The molecule has 2 unspecified atom stereocenters. The summed E-state index contributed by atoms with van der Waals surface area (Å²) in [6.07, 6.45) is 19.4. The van der Waals surface area contributed by atoms with E-state index in [0.717, 1.165) is 24.3 Å². The van der Waals surface area contributed by atoms with Gasteiger partial charge in [0.2, 0.25) is 0 Å². The molecule has 2 N–H and O–H groups in total. The van der Waals surface area contributed by atoms with E-state index in [4.69, 9.17) is 18.5 Å². The first kappa shape index (κ1) is 36.7. The Balaban J connectivity index is 1.47. The van der Waals surface area contributed by atoms with Crippen molar-refractivity contribution in [3.8, 4) is 5.75 Å². The molecule has 0 bridgehead atoms. The van der Waals surface area contributed by atoms with Gasteiger partial charge in [0.05, 0.1) is 12.5 Å². The lowest BCUT2D eigenvalue weighted by atomic mass is 10.0. The van der Waals surface area contributed by atoms with Crippen LogP contribution in [0.25, 0.3) is 0 Å². The van der Waals surface area contributed by atoms with Crippen molar-refractivity contribution in [2.75, 3.05) is 32.7 Å². The molecule has 240 valence electrons. The monoisotopic (exact) mass is 626 g/mol. The molecular weight excluding hydrogens is 571 g/mol. The van der Waals surface area contributed by atoms with E-state index in [1.807, 2.05) is 24.3 Å². The number of ether oxygens (including phenoxy) is 2. The Morgan fingerprint density at radius 1 is 0.976 bits per heavy atom. The molecule has 0 saturated carbocycles. The second kappa shape index (κ2) is 23.9. The van der Waals surface area contributed by atoms with E-state index >= 15 is 0 Å². The van der Waals surface area contributed by atoms with Crippen molar-refractivity contribution in [1.29, 1.82) is 0 Å². The van der Waals surface area contributed by atoms with Crippen LogP contribution in [0.2, 0.25) is 0 Å². The lowest BCUT2D eigenvalue weighted by Gasteiger charge is -2.20. The maximum Gasteiger partial charge on any atom is 0.407 e. The highest BCUT2D eigenvalue weighted by Crippen LogP contribution is 2.38. The molecule has 0 fully saturated rings. The quantitative estimate of drug-likeness (QED) is 0.0822. The first-order valence-electron chi connectivity index (χ1n) is 15.9. The Morgan fingerprint density at radius 3 is 2.19 bits per heavy atom. The van der Waals surface area contributed by atoms with Gasteiger partial charge in [0, 0.05) is 32.0 Å². The number of benzene rings is 1. The topological polar surface area (TPSA) is 89.5 Å². The first-order chi connectivity index (χ1) is 20.5. The summed E-state index contributed by atoms with van der Waals surface area (Å²) in [5.41, 5.74) is 0.969. The van der Waals surface area contributed by atoms with Crippen molar-refractivity contribution in [2.24, 2.45) is 0 Å². The van der Waals surface area contributed by atoms with Gasteiger partial charge in [-0.2, -0.15) is 0 Å². The minimum atomic E-state index is -2.17. The molecule has 10 heteroatoms. The number of carbonyl (C=O) groups excluding carboxylic acids is 1. The predicted molar refractivity (Wildman–Crippen MR) is 174 cm³/mol. The van der Waals surface area contributed by atoms with Crippen molar-refractivity contribution in [3.05, 3.63) is 40.9 Å². The van der Waals surface area contributed by atoms with Gasteiger partial charge in [0.15, 0.2) is 0 Å². The van der Waals surface area contributed by atoms with Crippen LogP contribution in [-0.2, 0) is 20.5 Å². The lowest BCUT2D eigenvalue weighted by molar-refractivity contribution is 0.00597. The molecule has 1 aliphatic heterocycles. The highest BCUT2D eigenvalue weighted by atomic mass is 32.2. The number of thioether (sulfide) groups is 1. The van der Waals surface area contributed by atoms with Gasteiger partial charge >= 0.3 is 14.7 Å². The second-order valence-corrected chi connectivity index (χ2v) is 13.1. The van der Waals surface area contributed by atoms with Crippen molar-refractivity contribution in [2.45, 2.75) is 116 Å². The Labute approximate surface area is 260 Å². The summed E-state index contributed by atoms with van der Waals surface area (Å²) in [4.78, 5) is 25.9. The van der Waals surface area contributed by atoms with Crippen LogP contribution < -0.4 is 9.84 Å². The molecule has 1 aliphatic rings. The molecule has 8 nitrogen and oxygen atoms in total. The number of hydrogen-bond acceptors (Lipinski definition) is 8. The minimum absolute atomic E-state index is 0.0269. The molecule has 2 atom stereocenters. The molecule has 0 aromatic heterocycles. The number of carbonyl (C=O) groups is 1. The van der Waals surface area contributed by atoms with Crippen LogP contribution in [0.5, 0.6) is 5.75 Å². The zero-order valence-corrected chi connectivity index (χ0v) is 27.9. The second-order valence-electron chi connectivity index (χ2n) is 11.0. The van der Waals surface area contributed by atoms with Gasteiger partial charge < -0.3 is 29.1 Å². The zero-order valence-electron chi connectivity index (χ0n) is 26.2. The third kappa shape index (κ3) is 17.6. The zero-order chi connectivity index (χ0) is 30.3. The maximum atomic E-state index is 12.1. The number of unbranched alkanes of at least 4 members (excludes halogenated alkanes) is 13. The van der Waals surface area contributed by atoms with Crippen LogP contribution in [0.4, 0.5) is 4.79 Å². The summed E-state index contributed by atoms with van der Waals surface area (Å²) in [5.74, 6) is 1.48. The number of allylic oxidation sites excluding steroid dienone is 1. The van der Waals surface area contributed by atoms with E-state index in [2.05, 4.69) is 30.3 Å². The van der Waals surface area contributed by atoms with Gasteiger partial charge in [-0.25, -0.2) is 4.79 Å². The SMILES string of the molecule is CCCCCCCCCCCCCCCCNC(=O)OCC(COP(O)Oc1ccccc1CN1C=C(C)SC1)OC. The number of rotatable bonds is 25. The number of nitrogens with zero attached hydrogens (tertiary/aromatic N) is 1. The summed E-state index contributed by atoms with van der Waals surface area (Å²) in [6, 6.07) is 7.62. The molecule has 1 heterocycles. The molecule has 0 radical (unpaired) electrons. The van der Waals surface area contributed by atoms with Crippen LogP contribution in [0.15, 0.2) is 35.4 Å². The third-order valence-corrected chi connectivity index (χ3v) is 8.99. The van der Waals surface area contributed by atoms with Crippen LogP contribution in [0.1, 0.15) is 109 Å². The lowest BCUT2D eigenvalue weighted by Crippen LogP contribution is -2.31. The van der Waals surface area contributed by atoms with Gasteiger partial charge in [-0.05, 0) is 24.3 Å². The van der Waals surface area contributed by atoms with E-state index in [-0.39, 0.29) is 13.2 Å². The number of nitrogens with one attached hydrogen (secondary N) is 1. The fourth-order valence-corrected chi connectivity index (χ4v) is 6.17. The number of amides is 1. The Kier molecular flexibility index (Phi) is 20.9. The molecule has 1 aromatic carbocycles. The number of alkyl carbamates (subject to hydrolysis) is 1. The average molecular weight is 627 g/mol. The summed E-state index contributed by atoms with van der Waals surface area (Å²) >= 11 is 1.80. The number of methoxy groups -OCH3 is 1. The maximum absolute atomic E-state index is 12.1. The standard InChI is InChI=1S/C32H55N2O6PS/c1-4-5-6-7-8-9-10-11-12-13-14-15-16-19-22-33-32(35)38-25-30(37-3)26-39-41(36)40-31-21-18-17-20-29(31)24-34-23-28(2)42-27-34/h17-18,20-21,23,30,36H,4-16,19,22,24-27H2,1-3H3,(H,33,35). The van der Waals surface area contributed by atoms with Crippen LogP contribution >= 0.6 is 20.4 Å². The summed E-state index contributed by atoms with van der Waals surface area (Å²) in [6.45, 7) is 5.72. The molecule has 0 spiro atoms. The van der Waals surface area contributed by atoms with Crippen molar-refractivity contribution in [3.63, 3.8) is 0 Å². The summed E-state index contributed by atoms with van der Waals surface area (Å²) < 4.78 is 21.8. The van der Waals surface area contributed by atoms with Gasteiger partial charge in [0.1, 0.15) is 18.5 Å². The highest BCUT2D eigenvalue weighted by molar-refractivity contribution is 8.03. The average Bonchev–Trinajstić information content (AvgIpc) is 3.40. The fourth-order valence-electron chi connectivity index (χ4n) is 4.72. The summed E-state index contributed by atoms with van der Waals surface area (Å²) in [7, 11) is -0.648. The van der Waals surface area contributed by atoms with E-state index in [1.165, 1.54) is 89.1 Å². The first-order valence-corrected chi connectivity index (χ1v) is 18.0. The van der Waals surface area contributed by atoms with Crippen molar-refractivity contribution < 1.29 is 28.2 Å². The van der Waals surface area contributed by atoms with Crippen LogP contribution in [0, 0.1) is 0 Å². The Bertz CT molecular complexity index is 877. The van der Waals surface area contributed by atoms with Crippen LogP contribution in [0.3, 0.4) is 0 Å². The van der Waals surface area contributed by atoms with Gasteiger partial charge in [-0.3, -0.25) is 4.52 Å². The normalized spacial score (nSPS) is 14.5. The van der Waals surface area contributed by atoms with Crippen molar-refractivity contribution in [1.82, 2.24) is 10.2 Å². The number of hydrogen-bond donors (Lipinski definition) is 2. The smallest absolute Gasteiger partial charge is 0.407 e. The minimum Gasteiger partial charge on any atom is -0.447 e. The molecule has 1 amide bonds. The van der Waals surface area contributed by atoms with Crippen molar-refractivity contribution >= 4 is 26.5 Å². The third-order valence-electron chi connectivity index (χ3n) is 7.25. The predicted octanol–water partition coefficient (Wildman–Crippen LogP) is 8.89. The van der Waals surface area contributed by atoms with E-state index < -0.39 is 20.8 Å². The Hall–Kier alpha value is -1.51. The highest BCUT2D eigenvalue weighted by Gasteiger charge is 2.19.